The van der Waals surface area contributed by atoms with Gasteiger partial charge in [0, 0.05) is 58.7 Å². The van der Waals surface area contributed by atoms with Crippen molar-refractivity contribution in [1.29, 1.82) is 0 Å². The molecule has 0 amide bonds. The lowest BCUT2D eigenvalue weighted by Gasteiger charge is -2.28. The van der Waals surface area contributed by atoms with Gasteiger partial charge in [-0.25, -0.2) is 0 Å². The van der Waals surface area contributed by atoms with Gasteiger partial charge in [-0.3, -0.25) is 14.4 Å². The first kappa shape index (κ1) is 69.7. The maximum Gasteiger partial charge on any atom is 0.305 e. The molecule has 0 bridgehead atoms. The molecular formula is C61H116N2O9. The molecule has 424 valence electrons. The monoisotopic (exact) mass is 1020 g/mol. The highest BCUT2D eigenvalue weighted by Crippen LogP contribution is 2.14. The zero-order chi connectivity index (χ0) is 52.5. The van der Waals surface area contributed by atoms with Crippen molar-refractivity contribution in [2.75, 3.05) is 78.9 Å². The Morgan fingerprint density at radius 2 is 0.722 bits per heavy atom. The molecule has 0 atom stereocenters. The quantitative estimate of drug-likeness (QED) is 0.0206. The maximum absolute atomic E-state index is 12.7. The number of nitrogens with zero attached hydrogens (tertiary/aromatic N) is 2. The van der Waals surface area contributed by atoms with Gasteiger partial charge in [0.2, 0.25) is 0 Å². The molecule has 0 spiro atoms. The fourth-order valence-corrected chi connectivity index (χ4v) is 8.67. The largest absolute Gasteiger partial charge is 0.466 e. The number of carbonyl (C=O) groups excluding carboxylic acids is 3. The highest BCUT2D eigenvalue weighted by atomic mass is 16.7. The zero-order valence-corrected chi connectivity index (χ0v) is 47.6. The molecule has 0 aromatic carbocycles. The number of ether oxygens (including phenoxy) is 5. The molecule has 0 aromatic rings. The number of unbranched alkanes of at least 4 members (excludes halogenated alkanes) is 23. The fraction of sp³-hybridized carbons (Fsp3) is 0.885. The Bertz CT molecular complexity index is 1150. The number of rotatable bonds is 58. The Balaban J connectivity index is 4.82. The van der Waals surface area contributed by atoms with Gasteiger partial charge >= 0.3 is 17.9 Å². The Labute approximate surface area is 444 Å². The van der Waals surface area contributed by atoms with Gasteiger partial charge in [-0.2, -0.15) is 0 Å². The van der Waals surface area contributed by atoms with Crippen LogP contribution in [-0.2, 0) is 38.1 Å². The third-order valence-corrected chi connectivity index (χ3v) is 13.3. The fourth-order valence-electron chi connectivity index (χ4n) is 8.67. The molecule has 0 radical (unpaired) electrons. The third-order valence-electron chi connectivity index (χ3n) is 13.3. The molecule has 0 aromatic heterocycles. The Kier molecular flexibility index (Phi) is 56.1. The summed E-state index contributed by atoms with van der Waals surface area (Å²) >= 11 is 0. The lowest BCUT2D eigenvalue weighted by Crippen LogP contribution is -2.37. The van der Waals surface area contributed by atoms with Crippen molar-refractivity contribution in [2.24, 2.45) is 0 Å². The number of carbonyl (C=O) groups is 3. The smallest absolute Gasteiger partial charge is 0.305 e. The van der Waals surface area contributed by atoms with Crippen LogP contribution >= 0.6 is 0 Å². The normalized spacial score (nSPS) is 11.9. The van der Waals surface area contributed by atoms with Gasteiger partial charge in [0.1, 0.15) is 0 Å². The first-order chi connectivity index (χ1) is 35.4. The summed E-state index contributed by atoms with van der Waals surface area (Å²) in [4.78, 5) is 42.5. The molecule has 1 N–H and O–H groups in total. The minimum atomic E-state index is -0.381. The summed E-state index contributed by atoms with van der Waals surface area (Å²) in [5.74, 6) is -0.316. The van der Waals surface area contributed by atoms with Gasteiger partial charge < -0.3 is 38.6 Å². The van der Waals surface area contributed by atoms with Gasteiger partial charge in [0.15, 0.2) is 6.29 Å². The van der Waals surface area contributed by atoms with E-state index in [1.165, 1.54) is 64.2 Å². The van der Waals surface area contributed by atoms with Crippen LogP contribution in [0.15, 0.2) is 24.3 Å². The average molecular weight is 1020 g/mol. The van der Waals surface area contributed by atoms with Gasteiger partial charge in [0.05, 0.1) is 26.2 Å². The molecule has 0 saturated heterocycles. The Morgan fingerprint density at radius 1 is 0.375 bits per heavy atom. The third kappa shape index (κ3) is 52.5. The SMILES string of the molecule is CC/C=C\CCCCOC(CCC(=O)OCCCCCCN(CCCO)CCN(CCCCCC(=O)OCCCCCCCCC)CCCCCC(=O)OCCCCCCCCC)OCCCC/C=C\CC. The summed E-state index contributed by atoms with van der Waals surface area (Å²) in [6, 6.07) is 0. The Morgan fingerprint density at radius 3 is 1.12 bits per heavy atom. The number of hydrogen-bond donors (Lipinski definition) is 1. The number of allylic oxidation sites excluding steroid dienone is 4. The van der Waals surface area contributed by atoms with Gasteiger partial charge in [-0.1, -0.05) is 155 Å². The summed E-state index contributed by atoms with van der Waals surface area (Å²) < 4.78 is 28.9. The number of esters is 3. The summed E-state index contributed by atoms with van der Waals surface area (Å²) in [5.41, 5.74) is 0. The van der Waals surface area contributed by atoms with Crippen molar-refractivity contribution in [3.8, 4) is 0 Å². The van der Waals surface area contributed by atoms with E-state index in [1.807, 2.05) is 0 Å². The predicted octanol–water partition coefficient (Wildman–Crippen LogP) is 15.2. The van der Waals surface area contributed by atoms with Crippen molar-refractivity contribution >= 4 is 17.9 Å². The van der Waals surface area contributed by atoms with Crippen LogP contribution in [0.1, 0.15) is 265 Å². The van der Waals surface area contributed by atoms with E-state index in [2.05, 4.69) is 61.8 Å². The van der Waals surface area contributed by atoms with Gasteiger partial charge in [0.25, 0.3) is 0 Å². The molecule has 0 fully saturated rings. The first-order valence-electron chi connectivity index (χ1n) is 30.5. The van der Waals surface area contributed by atoms with Crippen LogP contribution in [0.3, 0.4) is 0 Å². The van der Waals surface area contributed by atoms with Gasteiger partial charge in [-0.05, 0) is 129 Å². The van der Waals surface area contributed by atoms with Crippen molar-refractivity contribution in [2.45, 2.75) is 272 Å². The van der Waals surface area contributed by atoms with E-state index in [0.717, 1.165) is 187 Å². The van der Waals surface area contributed by atoms with Crippen molar-refractivity contribution in [1.82, 2.24) is 9.80 Å². The number of hydrogen-bond acceptors (Lipinski definition) is 11. The van der Waals surface area contributed by atoms with E-state index < -0.39 is 0 Å². The molecule has 0 aliphatic heterocycles. The molecule has 0 aliphatic carbocycles. The lowest BCUT2D eigenvalue weighted by molar-refractivity contribution is -0.159. The molecule has 0 aliphatic rings. The average Bonchev–Trinajstić information content (AvgIpc) is 3.38. The maximum atomic E-state index is 12.7. The lowest BCUT2D eigenvalue weighted by atomic mass is 10.1. The van der Waals surface area contributed by atoms with Crippen LogP contribution in [0.5, 0.6) is 0 Å². The topological polar surface area (TPSA) is 124 Å². The minimum absolute atomic E-state index is 0.0654. The van der Waals surface area contributed by atoms with E-state index >= 15 is 0 Å². The van der Waals surface area contributed by atoms with Crippen LogP contribution in [0.4, 0.5) is 0 Å². The summed E-state index contributed by atoms with van der Waals surface area (Å²) in [6.07, 6.45) is 46.1. The Hall–Kier alpha value is -2.31. The van der Waals surface area contributed by atoms with Crippen LogP contribution in [0.2, 0.25) is 0 Å². The molecule has 72 heavy (non-hydrogen) atoms. The molecule has 0 saturated carbocycles. The standard InChI is InChI=1S/C61H116N2O9/c1-5-9-13-17-21-26-36-53-68-58(65)42-31-29-34-47-62(48-35-30-32-43-59(66)69-54-37-27-22-18-14-10-6-2)50-51-63(49-41-52-64)46-33-23-28-38-55-70-60(67)44-45-61(71-56-39-24-19-15-11-7-3)72-57-40-25-20-16-12-8-4/h11-12,15-16,61,64H,5-10,13-14,17-57H2,1-4H3/b15-11-,16-12-. The summed E-state index contributed by atoms with van der Waals surface area (Å²) in [5, 5.41) is 9.70. The molecule has 0 heterocycles. The van der Waals surface area contributed by atoms with Crippen LogP contribution in [0, 0.1) is 0 Å². The number of aliphatic hydroxyl groups excluding tert-OH is 1. The van der Waals surface area contributed by atoms with Crippen LogP contribution in [0.25, 0.3) is 0 Å². The highest BCUT2D eigenvalue weighted by Gasteiger charge is 2.15. The molecular weight excluding hydrogens is 905 g/mol. The van der Waals surface area contributed by atoms with Crippen molar-refractivity contribution < 1.29 is 43.2 Å². The van der Waals surface area contributed by atoms with E-state index in [-0.39, 0.29) is 30.8 Å². The number of aliphatic hydroxyl groups is 1. The first-order valence-corrected chi connectivity index (χ1v) is 30.5. The van der Waals surface area contributed by atoms with Crippen LogP contribution < -0.4 is 0 Å². The summed E-state index contributed by atoms with van der Waals surface area (Å²) in [6.45, 7) is 17.4. The van der Waals surface area contributed by atoms with E-state index in [0.29, 0.717) is 58.7 Å². The second kappa shape index (κ2) is 58.0. The highest BCUT2D eigenvalue weighted by molar-refractivity contribution is 5.69. The second-order valence-electron chi connectivity index (χ2n) is 20.2. The zero-order valence-electron chi connectivity index (χ0n) is 47.6. The van der Waals surface area contributed by atoms with Crippen molar-refractivity contribution in [3.05, 3.63) is 24.3 Å². The predicted molar refractivity (Wildman–Crippen MR) is 300 cm³/mol. The molecule has 11 nitrogen and oxygen atoms in total. The molecule has 0 unspecified atom stereocenters. The van der Waals surface area contributed by atoms with Crippen LogP contribution in [-0.4, -0.2) is 118 Å². The van der Waals surface area contributed by atoms with E-state index in [1.54, 1.807) is 0 Å². The van der Waals surface area contributed by atoms with E-state index in [4.69, 9.17) is 23.7 Å². The van der Waals surface area contributed by atoms with Gasteiger partial charge in [-0.15, -0.1) is 0 Å². The second-order valence-corrected chi connectivity index (χ2v) is 20.2. The van der Waals surface area contributed by atoms with E-state index in [9.17, 15) is 19.5 Å². The minimum Gasteiger partial charge on any atom is -0.466 e. The molecule has 11 heteroatoms. The molecule has 0 rings (SSSR count). The van der Waals surface area contributed by atoms with Crippen molar-refractivity contribution in [3.63, 3.8) is 0 Å². The summed E-state index contributed by atoms with van der Waals surface area (Å²) in [7, 11) is 0.